The summed E-state index contributed by atoms with van der Waals surface area (Å²) >= 11 is 0. The van der Waals surface area contributed by atoms with Gasteiger partial charge in [0.05, 0.1) is 18.3 Å². The highest BCUT2D eigenvalue weighted by atomic mass is 16.5. The van der Waals surface area contributed by atoms with E-state index in [0.717, 1.165) is 51.9 Å². The van der Waals surface area contributed by atoms with Gasteiger partial charge in [-0.2, -0.15) is 0 Å². The van der Waals surface area contributed by atoms with E-state index in [2.05, 4.69) is 6.92 Å². The Bertz CT molecular complexity index is 330. The van der Waals surface area contributed by atoms with Crippen molar-refractivity contribution < 1.29 is 19.0 Å². The fourth-order valence-electron chi connectivity index (χ4n) is 3.71. The number of hydrogen-bond acceptors (Lipinski definition) is 4. The average molecular weight is 268 g/mol. The first-order valence-electron chi connectivity index (χ1n) is 7.56. The third-order valence-corrected chi connectivity index (χ3v) is 4.90. The normalized spacial score (nSPS) is 38.5. The molecule has 4 nitrogen and oxygen atoms in total. The Labute approximate surface area is 114 Å². The van der Waals surface area contributed by atoms with Crippen LogP contribution in [0.5, 0.6) is 0 Å². The van der Waals surface area contributed by atoms with Crippen molar-refractivity contribution in [3.05, 3.63) is 0 Å². The Morgan fingerprint density at radius 1 is 1.16 bits per heavy atom. The summed E-state index contributed by atoms with van der Waals surface area (Å²) in [7, 11) is 0. The fraction of sp³-hybridized carbons (Fsp3) is 0.933. The van der Waals surface area contributed by atoms with Crippen LogP contribution in [0.15, 0.2) is 0 Å². The van der Waals surface area contributed by atoms with Crippen LogP contribution in [-0.2, 0) is 19.0 Å². The van der Waals surface area contributed by atoms with Gasteiger partial charge in [0, 0.05) is 31.7 Å². The highest BCUT2D eigenvalue weighted by Crippen LogP contribution is 2.39. The largest absolute Gasteiger partial charge is 0.381 e. The third-order valence-electron chi connectivity index (χ3n) is 4.90. The zero-order valence-corrected chi connectivity index (χ0v) is 11.7. The molecule has 3 heterocycles. The van der Waals surface area contributed by atoms with E-state index >= 15 is 0 Å². The summed E-state index contributed by atoms with van der Waals surface area (Å²) in [6.07, 6.45) is 4.78. The topological polar surface area (TPSA) is 44.8 Å². The number of rotatable bonds is 2. The SMILES string of the molecule is CC1CC(C(=O)C2CCOC3(CCOCC3)C2)CO1. The molecular weight excluding hydrogens is 244 g/mol. The van der Waals surface area contributed by atoms with Crippen LogP contribution >= 0.6 is 0 Å². The molecule has 3 unspecified atom stereocenters. The zero-order valence-electron chi connectivity index (χ0n) is 11.7. The molecule has 0 bridgehead atoms. The van der Waals surface area contributed by atoms with Crippen LogP contribution in [0, 0.1) is 11.8 Å². The Hall–Kier alpha value is -0.450. The first kappa shape index (κ1) is 13.5. The van der Waals surface area contributed by atoms with E-state index in [0.29, 0.717) is 12.4 Å². The molecule has 108 valence electrons. The summed E-state index contributed by atoms with van der Waals surface area (Å²) in [6, 6.07) is 0. The van der Waals surface area contributed by atoms with Crippen molar-refractivity contribution in [1.82, 2.24) is 0 Å². The van der Waals surface area contributed by atoms with Crippen molar-refractivity contribution in [2.75, 3.05) is 26.4 Å². The molecule has 0 aromatic rings. The highest BCUT2D eigenvalue weighted by Gasteiger charge is 2.43. The molecule has 0 N–H and O–H groups in total. The summed E-state index contributed by atoms with van der Waals surface area (Å²) in [6.45, 7) is 4.93. The monoisotopic (exact) mass is 268 g/mol. The molecule has 3 atom stereocenters. The first-order valence-corrected chi connectivity index (χ1v) is 7.56. The van der Waals surface area contributed by atoms with Gasteiger partial charge in [-0.15, -0.1) is 0 Å². The predicted octanol–water partition coefficient (Wildman–Crippen LogP) is 1.96. The molecule has 4 heteroatoms. The van der Waals surface area contributed by atoms with Crippen LogP contribution in [0.1, 0.15) is 39.0 Å². The lowest BCUT2D eigenvalue weighted by molar-refractivity contribution is -0.159. The van der Waals surface area contributed by atoms with Crippen molar-refractivity contribution in [1.29, 1.82) is 0 Å². The molecule has 19 heavy (non-hydrogen) atoms. The molecule has 0 radical (unpaired) electrons. The summed E-state index contributed by atoms with van der Waals surface area (Å²) in [4.78, 5) is 12.6. The van der Waals surface area contributed by atoms with E-state index in [-0.39, 0.29) is 23.5 Å². The van der Waals surface area contributed by atoms with E-state index in [1.165, 1.54) is 0 Å². The smallest absolute Gasteiger partial charge is 0.141 e. The highest BCUT2D eigenvalue weighted by molar-refractivity contribution is 5.84. The van der Waals surface area contributed by atoms with Crippen molar-refractivity contribution in [3.8, 4) is 0 Å². The number of Topliss-reactive ketones (excluding diaryl/α,β-unsaturated/α-hetero) is 1. The van der Waals surface area contributed by atoms with Gasteiger partial charge in [-0.25, -0.2) is 0 Å². The van der Waals surface area contributed by atoms with Crippen molar-refractivity contribution in [3.63, 3.8) is 0 Å². The third kappa shape index (κ3) is 2.86. The van der Waals surface area contributed by atoms with Gasteiger partial charge in [0.1, 0.15) is 5.78 Å². The van der Waals surface area contributed by atoms with Crippen LogP contribution in [0.3, 0.4) is 0 Å². The van der Waals surface area contributed by atoms with Gasteiger partial charge in [-0.05, 0) is 39.0 Å². The summed E-state index contributed by atoms with van der Waals surface area (Å²) in [5.74, 6) is 0.708. The molecule has 3 fully saturated rings. The minimum absolute atomic E-state index is 0.0814. The van der Waals surface area contributed by atoms with Crippen LogP contribution in [0.25, 0.3) is 0 Å². The van der Waals surface area contributed by atoms with Gasteiger partial charge in [0.15, 0.2) is 0 Å². The lowest BCUT2D eigenvalue weighted by Gasteiger charge is -2.43. The van der Waals surface area contributed by atoms with E-state index in [1.54, 1.807) is 0 Å². The molecule has 3 saturated heterocycles. The maximum atomic E-state index is 12.6. The van der Waals surface area contributed by atoms with Crippen LogP contribution < -0.4 is 0 Å². The molecule has 1 spiro atoms. The maximum Gasteiger partial charge on any atom is 0.141 e. The molecule has 3 rings (SSSR count). The summed E-state index contributed by atoms with van der Waals surface area (Å²) in [5.41, 5.74) is -0.0814. The van der Waals surface area contributed by atoms with Crippen molar-refractivity contribution in [2.24, 2.45) is 11.8 Å². The molecule has 3 aliphatic heterocycles. The number of ether oxygens (including phenoxy) is 3. The maximum absolute atomic E-state index is 12.6. The van der Waals surface area contributed by atoms with Gasteiger partial charge in [0.25, 0.3) is 0 Å². The van der Waals surface area contributed by atoms with E-state index in [1.807, 2.05) is 0 Å². The second-order valence-electron chi connectivity index (χ2n) is 6.31. The van der Waals surface area contributed by atoms with Crippen molar-refractivity contribution in [2.45, 2.75) is 50.7 Å². The number of hydrogen-bond donors (Lipinski definition) is 0. The van der Waals surface area contributed by atoms with Gasteiger partial charge in [-0.1, -0.05) is 0 Å². The average Bonchev–Trinajstić information content (AvgIpc) is 2.85. The molecule has 0 aromatic heterocycles. The van der Waals surface area contributed by atoms with Gasteiger partial charge in [0.2, 0.25) is 0 Å². The summed E-state index contributed by atoms with van der Waals surface area (Å²) in [5, 5.41) is 0. The van der Waals surface area contributed by atoms with Crippen molar-refractivity contribution >= 4 is 5.78 Å². The summed E-state index contributed by atoms with van der Waals surface area (Å²) < 4.78 is 17.0. The van der Waals surface area contributed by atoms with Crippen LogP contribution in [-0.4, -0.2) is 43.9 Å². The Morgan fingerprint density at radius 3 is 2.63 bits per heavy atom. The standard InChI is InChI=1S/C15H24O4/c1-11-8-13(10-18-11)14(16)12-2-5-19-15(9-12)3-6-17-7-4-15/h11-13H,2-10H2,1H3. The van der Waals surface area contributed by atoms with Gasteiger partial charge >= 0.3 is 0 Å². The Balaban J connectivity index is 1.62. The minimum atomic E-state index is -0.0814. The number of carbonyl (C=O) groups excluding carboxylic acids is 1. The lowest BCUT2D eigenvalue weighted by atomic mass is 9.76. The number of ketones is 1. The van der Waals surface area contributed by atoms with E-state index < -0.39 is 0 Å². The molecule has 0 saturated carbocycles. The molecular formula is C15H24O4. The minimum Gasteiger partial charge on any atom is -0.381 e. The quantitative estimate of drug-likeness (QED) is 0.768. The molecule has 0 amide bonds. The molecule has 0 aliphatic carbocycles. The predicted molar refractivity (Wildman–Crippen MR) is 70.0 cm³/mol. The fourth-order valence-corrected chi connectivity index (χ4v) is 3.71. The second kappa shape index (κ2) is 5.51. The second-order valence-corrected chi connectivity index (χ2v) is 6.31. The van der Waals surface area contributed by atoms with Crippen LogP contribution in [0.4, 0.5) is 0 Å². The number of carbonyl (C=O) groups is 1. The van der Waals surface area contributed by atoms with Gasteiger partial charge < -0.3 is 14.2 Å². The lowest BCUT2D eigenvalue weighted by Crippen LogP contribution is -2.46. The Kier molecular flexibility index (Phi) is 3.92. The Morgan fingerprint density at radius 2 is 1.95 bits per heavy atom. The zero-order chi connectivity index (χ0) is 13.3. The van der Waals surface area contributed by atoms with Gasteiger partial charge in [-0.3, -0.25) is 4.79 Å². The first-order chi connectivity index (χ1) is 9.19. The van der Waals surface area contributed by atoms with Crippen LogP contribution in [0.2, 0.25) is 0 Å². The van der Waals surface area contributed by atoms with E-state index in [4.69, 9.17) is 14.2 Å². The molecule has 0 aromatic carbocycles. The van der Waals surface area contributed by atoms with E-state index in [9.17, 15) is 4.79 Å². The molecule has 3 aliphatic rings.